The van der Waals surface area contributed by atoms with Crippen LogP contribution in [0.3, 0.4) is 0 Å². The van der Waals surface area contributed by atoms with Gasteiger partial charge in [-0.3, -0.25) is 0 Å². The molecular weight excluding hydrogens is 1760 g/mol. The zero-order valence-electron chi connectivity index (χ0n) is 77.5. The summed E-state index contributed by atoms with van der Waals surface area (Å²) in [4.78, 5) is 97.7. The van der Waals surface area contributed by atoms with E-state index in [0.717, 1.165) is 177 Å². The average Bonchev–Trinajstić information content (AvgIpc) is 1.56. The fourth-order valence-electron chi connectivity index (χ4n) is 18.7. The molecule has 0 radical (unpaired) electrons. The summed E-state index contributed by atoms with van der Waals surface area (Å²) in [5, 5.41) is 16.7. The van der Waals surface area contributed by atoms with Crippen molar-refractivity contribution in [3.05, 3.63) is 435 Å². The molecule has 4 aliphatic carbocycles. The predicted molar refractivity (Wildman–Crippen MR) is 543 cm³/mol. The minimum atomic E-state index is -1.76. The third-order valence-corrected chi connectivity index (χ3v) is 24.8. The number of hydrogen-bond donors (Lipinski definition) is 0. The van der Waals surface area contributed by atoms with Crippen molar-refractivity contribution >= 4 is 134 Å². The van der Waals surface area contributed by atoms with Crippen molar-refractivity contribution in [1.29, 1.82) is 0 Å². The Kier molecular flexibility index (Phi) is 27.2. The van der Waals surface area contributed by atoms with Crippen molar-refractivity contribution in [2.75, 3.05) is 52.9 Å². The Morgan fingerprint density at radius 2 is 0.379 bits per heavy atom. The van der Waals surface area contributed by atoms with Gasteiger partial charge in [0.2, 0.25) is 11.6 Å². The first-order chi connectivity index (χ1) is 67.8. The van der Waals surface area contributed by atoms with Gasteiger partial charge in [0.1, 0.15) is 26.4 Å². The van der Waals surface area contributed by atoms with Crippen LogP contribution in [0.25, 0.3) is 131 Å². The normalized spacial score (nSPS) is 13.2. The molecule has 0 unspecified atom stereocenters. The van der Waals surface area contributed by atoms with Crippen LogP contribution in [-0.4, -0.2) is 101 Å². The number of esters is 8. The van der Waals surface area contributed by atoms with E-state index in [4.69, 9.17) is 56.8 Å². The molecule has 0 aromatic heterocycles. The van der Waals surface area contributed by atoms with Crippen LogP contribution < -0.4 is 0 Å². The molecule has 20 rings (SSSR count). The molecule has 16 aromatic carbocycles. The molecule has 0 amide bonds. The van der Waals surface area contributed by atoms with Crippen LogP contribution >= 0.6 is 0 Å². The van der Waals surface area contributed by atoms with Crippen molar-refractivity contribution < 1.29 is 95.2 Å². The van der Waals surface area contributed by atoms with E-state index >= 15 is 0 Å². The van der Waals surface area contributed by atoms with Gasteiger partial charge in [0.15, 0.2) is 0 Å². The number of fused-ring (bicyclic) bond motifs is 28. The molecule has 4 aliphatic rings. The lowest BCUT2D eigenvalue weighted by molar-refractivity contribution is -0.225. The van der Waals surface area contributed by atoms with E-state index in [1.165, 1.54) is 0 Å². The monoisotopic (exact) mass is 1860 g/mol. The van der Waals surface area contributed by atoms with E-state index in [1.54, 1.807) is 27.7 Å². The van der Waals surface area contributed by atoms with Gasteiger partial charge in [0.25, 0.3) is 0 Å². The van der Waals surface area contributed by atoms with Crippen molar-refractivity contribution in [3.8, 4) is 44.5 Å². The Bertz CT molecular complexity index is 7440. The fourth-order valence-corrected chi connectivity index (χ4v) is 18.7. The highest BCUT2D eigenvalue weighted by molar-refractivity contribution is 6.16. The van der Waals surface area contributed by atoms with E-state index in [-0.39, 0.29) is 64.0 Å². The molecular formula is C120H96O20. The van der Waals surface area contributed by atoms with Gasteiger partial charge in [-0.2, -0.15) is 0 Å². The van der Waals surface area contributed by atoms with Crippen LogP contribution in [0, 0.1) is 0 Å². The van der Waals surface area contributed by atoms with E-state index in [0.29, 0.717) is 33.4 Å². The quantitative estimate of drug-likeness (QED) is 0.0145. The van der Waals surface area contributed by atoms with Crippen LogP contribution in [0.15, 0.2) is 390 Å². The molecule has 20 heteroatoms. The largest absolute Gasteiger partial charge is 0.460 e. The Hall–Kier alpha value is -16.9. The second-order valence-electron chi connectivity index (χ2n) is 33.7. The smallest absolute Gasteiger partial charge is 0.336 e. The van der Waals surface area contributed by atoms with E-state index in [9.17, 15) is 38.4 Å². The summed E-state index contributed by atoms with van der Waals surface area (Å²) in [5.41, 5.74) is 14.4. The lowest BCUT2D eigenvalue weighted by atomic mass is 9.94. The van der Waals surface area contributed by atoms with Crippen LogP contribution in [-0.2, 0) is 118 Å². The molecule has 0 aliphatic heterocycles. The van der Waals surface area contributed by atoms with Crippen molar-refractivity contribution in [2.24, 2.45) is 0 Å². The highest BCUT2D eigenvalue weighted by Crippen LogP contribution is 2.61. The summed E-state index contributed by atoms with van der Waals surface area (Å²) in [5.74, 6) is -10.8. The minimum absolute atomic E-state index is 0.0211. The van der Waals surface area contributed by atoms with Gasteiger partial charge in [0, 0.05) is 113 Å². The molecule has 140 heavy (non-hydrogen) atoms. The maximum Gasteiger partial charge on any atom is 0.336 e. The molecule has 0 saturated heterocycles. The van der Waals surface area contributed by atoms with Gasteiger partial charge < -0.3 is 56.8 Å². The van der Waals surface area contributed by atoms with Gasteiger partial charge in [-0.25, -0.2) is 38.4 Å². The number of rotatable bonds is 28. The van der Waals surface area contributed by atoms with Gasteiger partial charge in [-0.1, -0.05) is 320 Å². The Morgan fingerprint density at radius 1 is 0.207 bits per heavy atom. The predicted octanol–water partition coefficient (Wildman–Crippen LogP) is 24.2. The SMILES string of the molecule is C=C(C)C(=O)OC1(OC(=O)C(=C)C)c2ccc3ccccc3c2-c2c1ccc1ccccc21.C=C(C)C(=O)OCCOC1(OCCOC(=O)C(=C)C)c2ccc3ccccc3c2-c2c1ccc1ccccc21.C=CC(=O)OC1(OC(=O)C=C)c2ccc3ccccc3c2-c2c1ccc1ccccc21.C=CC(=O)OCCOC1(OCCOC(=O)C=C)c2ccc3ccccc3c2-c2c1ccc1ccccc21. The molecule has 0 heterocycles. The molecule has 16 aromatic rings. The van der Waals surface area contributed by atoms with Crippen LogP contribution in [0.5, 0.6) is 0 Å². The lowest BCUT2D eigenvalue weighted by Crippen LogP contribution is -2.37. The van der Waals surface area contributed by atoms with Crippen molar-refractivity contribution in [2.45, 2.75) is 50.8 Å². The molecule has 696 valence electrons. The lowest BCUT2D eigenvalue weighted by Gasteiger charge is -2.32. The Labute approximate surface area is 807 Å². The molecule has 0 atom stereocenters. The average molecular weight is 1860 g/mol. The van der Waals surface area contributed by atoms with Crippen molar-refractivity contribution in [3.63, 3.8) is 0 Å². The van der Waals surface area contributed by atoms with Gasteiger partial charge in [0.05, 0.1) is 26.4 Å². The standard InChI is InChI=1S/C33H30O6.C31H26O6.C29H22O4.C27H18O4/c1-21(2)31(34)36-17-19-38-33(39-20-18-37-32(35)22(3)4)27-15-13-23-9-5-7-11-25(23)29(27)30-26-12-8-6-10-24(26)14-16-28(30)33;1-3-27(32)34-17-19-36-31(37-20-18-35-28(33)4-2)25-15-13-21-9-5-7-11-23(21)29(25)30-24-12-8-6-10-22(24)14-16-26(30)31;1-17(2)27(30)32-29(33-28(31)18(3)4)23-15-13-19-9-5-7-11-21(19)25(23)26-22-12-8-6-10-20(22)14-16-24(26)29;1-3-23(28)30-27(31-24(29)4-2)21-15-13-17-9-5-7-11-19(17)25(21)26-20-12-8-6-10-18(20)14-16-22(26)27/h5-16H,1,3,17-20H2,2,4H3;3-16H,1-2,17-20H2;5-16H,1,3H2,2,4H3;3-16H,1-2H2. The summed E-state index contributed by atoms with van der Waals surface area (Å²) in [7, 11) is 0. The summed E-state index contributed by atoms with van der Waals surface area (Å²) in [6.07, 6.45) is 4.34. The summed E-state index contributed by atoms with van der Waals surface area (Å²) >= 11 is 0. The Balaban J connectivity index is 0.000000129. The first kappa shape index (κ1) is 94.9. The third-order valence-electron chi connectivity index (χ3n) is 24.8. The Morgan fingerprint density at radius 3 is 0.564 bits per heavy atom. The highest BCUT2D eigenvalue weighted by Gasteiger charge is 2.55. The van der Waals surface area contributed by atoms with E-state index in [2.05, 4.69) is 101 Å². The zero-order chi connectivity index (χ0) is 98.3. The fraction of sp³-hybridized carbons (Fsp3) is 0.133. The van der Waals surface area contributed by atoms with Crippen LogP contribution in [0.1, 0.15) is 72.2 Å². The minimum Gasteiger partial charge on any atom is -0.460 e. The number of carbonyl (C=O) groups is 8. The maximum atomic E-state index is 12.9. The van der Waals surface area contributed by atoms with Gasteiger partial charge in [-0.05, 0) is 160 Å². The molecule has 20 nitrogen and oxygen atoms in total. The highest BCUT2D eigenvalue weighted by atomic mass is 16.7. The summed E-state index contributed by atoms with van der Waals surface area (Å²) < 4.78 is 70.6. The molecule has 0 saturated carbocycles. The number of benzene rings is 16. The molecule has 0 bridgehead atoms. The van der Waals surface area contributed by atoms with Crippen LogP contribution in [0.2, 0.25) is 0 Å². The summed E-state index contributed by atoms with van der Waals surface area (Å²) in [6, 6.07) is 96.1. The van der Waals surface area contributed by atoms with E-state index in [1.807, 2.05) is 243 Å². The van der Waals surface area contributed by atoms with Crippen molar-refractivity contribution in [1.82, 2.24) is 0 Å². The number of carbonyl (C=O) groups excluding carboxylic acids is 8. The first-order valence-corrected chi connectivity index (χ1v) is 45.3. The third kappa shape index (κ3) is 17.6. The van der Waals surface area contributed by atoms with E-state index < -0.39 is 70.9 Å². The van der Waals surface area contributed by atoms with Crippen LogP contribution in [0.4, 0.5) is 0 Å². The van der Waals surface area contributed by atoms with Gasteiger partial charge in [-0.15, -0.1) is 0 Å². The molecule has 0 spiro atoms. The van der Waals surface area contributed by atoms with Gasteiger partial charge >= 0.3 is 59.3 Å². The molecule has 0 N–H and O–H groups in total. The maximum absolute atomic E-state index is 12.9. The topological polar surface area (TPSA) is 247 Å². The second-order valence-corrected chi connectivity index (χ2v) is 33.7. The number of hydrogen-bond acceptors (Lipinski definition) is 20. The molecule has 0 fully saturated rings. The zero-order valence-corrected chi connectivity index (χ0v) is 77.5. The summed E-state index contributed by atoms with van der Waals surface area (Å²) in [6.45, 7) is 35.3. The number of ether oxygens (including phenoxy) is 12. The second kappa shape index (κ2) is 40.2. The first-order valence-electron chi connectivity index (χ1n) is 45.3.